The summed E-state index contributed by atoms with van der Waals surface area (Å²) in [6, 6.07) is 16.6. The van der Waals surface area contributed by atoms with E-state index in [4.69, 9.17) is 4.74 Å². The Morgan fingerprint density at radius 1 is 1.12 bits per heavy atom. The number of hydrogen-bond donors (Lipinski definition) is 2. The number of ether oxygens (including phenoxy) is 1. The molecule has 2 aromatic carbocycles. The highest BCUT2D eigenvalue weighted by atomic mass is 32.2. The predicted octanol–water partition coefficient (Wildman–Crippen LogP) is 5.88. The number of methoxy groups -OCH3 is 1. The Hall–Kier alpha value is -3.28. The molecule has 174 valence electrons. The van der Waals surface area contributed by atoms with Crippen LogP contribution in [0.2, 0.25) is 0 Å². The third-order valence-corrected chi connectivity index (χ3v) is 7.93. The van der Waals surface area contributed by atoms with Crippen molar-refractivity contribution in [3.05, 3.63) is 70.1 Å². The topological polar surface area (TPSA) is 91.2 Å². The average Bonchev–Trinajstić information content (AvgIpc) is 3.21. The minimum absolute atomic E-state index is 0.147. The van der Waals surface area contributed by atoms with Gasteiger partial charge in [-0.2, -0.15) is 5.26 Å². The zero-order valence-electron chi connectivity index (χ0n) is 19.0. The molecule has 2 N–H and O–H groups in total. The first-order valence-electron chi connectivity index (χ1n) is 11.1. The summed E-state index contributed by atoms with van der Waals surface area (Å²) < 4.78 is 5.18. The van der Waals surface area contributed by atoms with E-state index < -0.39 is 0 Å². The first kappa shape index (κ1) is 23.9. The maximum absolute atomic E-state index is 12.9. The van der Waals surface area contributed by atoms with E-state index >= 15 is 0 Å². The van der Waals surface area contributed by atoms with Crippen molar-refractivity contribution in [2.45, 2.75) is 42.8 Å². The van der Waals surface area contributed by atoms with Gasteiger partial charge in [0.25, 0.3) is 5.91 Å². The summed E-state index contributed by atoms with van der Waals surface area (Å²) in [7, 11) is 1.56. The Labute approximate surface area is 207 Å². The maximum atomic E-state index is 12.9. The number of aryl methyl sites for hydroxylation is 1. The Kier molecular flexibility index (Phi) is 7.56. The van der Waals surface area contributed by atoms with Gasteiger partial charge < -0.3 is 15.4 Å². The molecule has 0 saturated heterocycles. The Bertz CT molecular complexity index is 1260. The molecule has 0 fully saturated rings. The van der Waals surface area contributed by atoms with E-state index in [0.717, 1.165) is 36.1 Å². The zero-order valence-corrected chi connectivity index (χ0v) is 20.6. The van der Waals surface area contributed by atoms with E-state index in [1.54, 1.807) is 31.4 Å². The standard InChI is InChI=1S/C26H25N3O3S2/c1-16(24(30)29-26-22(15-27)21-11-3-4-12-23(21)34-26)33-20-10-6-8-18(14-20)28-25(31)17-7-5-9-19(13-17)32-2/h5-10,13-14,16H,3-4,11-12H2,1-2H3,(H,28,31)(H,29,30). The van der Waals surface area contributed by atoms with Crippen molar-refractivity contribution >= 4 is 45.6 Å². The molecule has 0 saturated carbocycles. The van der Waals surface area contributed by atoms with Gasteiger partial charge >= 0.3 is 0 Å². The Morgan fingerprint density at radius 3 is 2.71 bits per heavy atom. The Balaban J connectivity index is 1.41. The number of nitrogens with zero attached hydrogens (tertiary/aromatic N) is 1. The second kappa shape index (κ2) is 10.8. The second-order valence-electron chi connectivity index (χ2n) is 7.99. The lowest BCUT2D eigenvalue weighted by molar-refractivity contribution is -0.115. The molecule has 1 aromatic heterocycles. The van der Waals surface area contributed by atoms with Crippen molar-refractivity contribution in [1.29, 1.82) is 5.26 Å². The lowest BCUT2D eigenvalue weighted by atomic mass is 9.96. The van der Waals surface area contributed by atoms with E-state index in [-0.39, 0.29) is 17.1 Å². The number of thiophene rings is 1. The van der Waals surface area contributed by atoms with Crippen molar-refractivity contribution in [2.24, 2.45) is 0 Å². The predicted molar refractivity (Wildman–Crippen MR) is 137 cm³/mol. The second-order valence-corrected chi connectivity index (χ2v) is 10.5. The van der Waals surface area contributed by atoms with E-state index in [9.17, 15) is 14.9 Å². The number of carbonyl (C=O) groups excluding carboxylic acids is 2. The van der Waals surface area contributed by atoms with Crippen molar-refractivity contribution in [2.75, 3.05) is 17.7 Å². The van der Waals surface area contributed by atoms with Gasteiger partial charge in [0.2, 0.25) is 5.91 Å². The van der Waals surface area contributed by atoms with Gasteiger partial charge in [-0.1, -0.05) is 12.1 Å². The van der Waals surface area contributed by atoms with Crippen LogP contribution < -0.4 is 15.4 Å². The molecule has 0 aliphatic heterocycles. The number of thioether (sulfide) groups is 1. The van der Waals surface area contributed by atoms with Crippen molar-refractivity contribution < 1.29 is 14.3 Å². The molecule has 2 amide bonds. The molecule has 6 nitrogen and oxygen atoms in total. The van der Waals surface area contributed by atoms with Gasteiger partial charge in [-0.05, 0) is 74.6 Å². The third kappa shape index (κ3) is 5.44. The number of fused-ring (bicyclic) bond motifs is 1. The van der Waals surface area contributed by atoms with Crippen LogP contribution in [0.25, 0.3) is 0 Å². The van der Waals surface area contributed by atoms with E-state index in [1.807, 2.05) is 31.2 Å². The van der Waals surface area contributed by atoms with Gasteiger partial charge in [0, 0.05) is 21.0 Å². The molecule has 0 spiro atoms. The molecular formula is C26H25N3O3S2. The lowest BCUT2D eigenvalue weighted by Crippen LogP contribution is -2.22. The zero-order chi connectivity index (χ0) is 24.1. The van der Waals surface area contributed by atoms with E-state index in [1.165, 1.54) is 28.0 Å². The molecule has 34 heavy (non-hydrogen) atoms. The van der Waals surface area contributed by atoms with E-state index in [2.05, 4.69) is 16.7 Å². The number of benzene rings is 2. The van der Waals surface area contributed by atoms with Gasteiger partial charge in [-0.25, -0.2) is 0 Å². The number of rotatable bonds is 7. The van der Waals surface area contributed by atoms with Gasteiger partial charge in [-0.3, -0.25) is 9.59 Å². The quantitative estimate of drug-likeness (QED) is 0.403. The largest absolute Gasteiger partial charge is 0.497 e. The molecule has 0 bridgehead atoms. The molecule has 3 aromatic rings. The summed E-state index contributed by atoms with van der Waals surface area (Å²) in [5.41, 5.74) is 2.86. The van der Waals surface area contributed by atoms with Gasteiger partial charge in [0.05, 0.1) is 17.9 Å². The minimum Gasteiger partial charge on any atom is -0.497 e. The number of nitriles is 1. The first-order chi connectivity index (χ1) is 16.5. The molecule has 0 radical (unpaired) electrons. The summed E-state index contributed by atoms with van der Waals surface area (Å²) >= 11 is 2.93. The number of carbonyl (C=O) groups is 2. The highest BCUT2D eigenvalue weighted by molar-refractivity contribution is 8.00. The fraction of sp³-hybridized carbons (Fsp3) is 0.269. The third-order valence-electron chi connectivity index (χ3n) is 5.63. The summed E-state index contributed by atoms with van der Waals surface area (Å²) in [6.07, 6.45) is 4.10. The number of nitrogens with one attached hydrogen (secondary N) is 2. The number of amides is 2. The highest BCUT2D eigenvalue weighted by Gasteiger charge is 2.23. The van der Waals surface area contributed by atoms with Crippen LogP contribution in [0.15, 0.2) is 53.4 Å². The minimum atomic E-state index is -0.380. The van der Waals surface area contributed by atoms with Gasteiger partial charge in [0.1, 0.15) is 16.8 Å². The van der Waals surface area contributed by atoms with E-state index in [0.29, 0.717) is 27.6 Å². The molecule has 1 atom stereocenters. The summed E-state index contributed by atoms with van der Waals surface area (Å²) in [5.74, 6) is 0.228. The fourth-order valence-corrected chi connectivity index (χ4v) is 6.03. The van der Waals surface area contributed by atoms with Crippen LogP contribution in [0, 0.1) is 11.3 Å². The lowest BCUT2D eigenvalue weighted by Gasteiger charge is -2.13. The monoisotopic (exact) mass is 491 g/mol. The maximum Gasteiger partial charge on any atom is 0.255 e. The summed E-state index contributed by atoms with van der Waals surface area (Å²) in [5, 5.41) is 15.8. The van der Waals surface area contributed by atoms with Crippen LogP contribution in [0.1, 0.15) is 46.1 Å². The Morgan fingerprint density at radius 2 is 1.91 bits per heavy atom. The summed E-state index contributed by atoms with van der Waals surface area (Å²) in [4.78, 5) is 27.6. The van der Waals surface area contributed by atoms with Crippen LogP contribution in [-0.2, 0) is 17.6 Å². The highest BCUT2D eigenvalue weighted by Crippen LogP contribution is 2.38. The number of anilines is 2. The van der Waals surface area contributed by atoms with Crippen LogP contribution in [-0.4, -0.2) is 24.2 Å². The van der Waals surface area contributed by atoms with Crippen LogP contribution in [0.5, 0.6) is 5.75 Å². The fourth-order valence-electron chi connectivity index (χ4n) is 3.86. The average molecular weight is 492 g/mol. The molecule has 4 rings (SSSR count). The molecular weight excluding hydrogens is 466 g/mol. The van der Waals surface area contributed by atoms with Crippen molar-refractivity contribution in [3.8, 4) is 11.8 Å². The van der Waals surface area contributed by atoms with Gasteiger partial charge in [0.15, 0.2) is 0 Å². The normalized spacial score (nSPS) is 13.3. The molecule has 1 unspecified atom stereocenters. The summed E-state index contributed by atoms with van der Waals surface area (Å²) in [6.45, 7) is 1.83. The first-order valence-corrected chi connectivity index (χ1v) is 12.8. The number of hydrogen-bond acceptors (Lipinski definition) is 6. The molecule has 1 aliphatic rings. The molecule has 1 heterocycles. The smallest absolute Gasteiger partial charge is 0.255 e. The molecule has 8 heteroatoms. The van der Waals surface area contributed by atoms with Crippen LogP contribution >= 0.6 is 23.1 Å². The van der Waals surface area contributed by atoms with Crippen LogP contribution in [0.3, 0.4) is 0 Å². The van der Waals surface area contributed by atoms with Gasteiger partial charge in [-0.15, -0.1) is 23.1 Å². The van der Waals surface area contributed by atoms with Crippen molar-refractivity contribution in [3.63, 3.8) is 0 Å². The van der Waals surface area contributed by atoms with Crippen molar-refractivity contribution in [1.82, 2.24) is 0 Å². The molecule has 1 aliphatic carbocycles. The SMILES string of the molecule is COc1cccc(C(=O)Nc2cccc(SC(C)C(=O)Nc3sc4c(c3C#N)CCCC4)c2)c1. The van der Waals surface area contributed by atoms with Crippen LogP contribution in [0.4, 0.5) is 10.7 Å².